The number of nitriles is 1. The molecule has 10 nitrogen and oxygen atoms in total. The van der Waals surface area contributed by atoms with E-state index in [1.165, 1.54) is 4.68 Å². The van der Waals surface area contributed by atoms with Gasteiger partial charge in [0, 0.05) is 40.7 Å². The van der Waals surface area contributed by atoms with Gasteiger partial charge in [0.05, 0.1) is 21.4 Å². The van der Waals surface area contributed by atoms with Gasteiger partial charge in [0.1, 0.15) is 23.0 Å². The number of carbonyl (C=O) groups is 2. The second-order valence-corrected chi connectivity index (χ2v) is 15.1. The van der Waals surface area contributed by atoms with Crippen LogP contribution in [0.25, 0.3) is 5.69 Å². The Morgan fingerprint density at radius 2 is 1.31 bits per heavy atom. The highest BCUT2D eigenvalue weighted by atomic mass is 35.5. The fourth-order valence-corrected chi connectivity index (χ4v) is 7.35. The standard InChI is InChI=1S/C40H56Cl2N8O2/c1-12-39(13-2,14-3)36(51)44-26-22-29(41)33(30(42)23-26)50-35(28(25-43)34(48-50)38(9,10)11)47-46-31-21-20-27(49(18-7)19-8)24-32(31)45-37(52)40(15-4,16-5)17-6/h20-24H,12-19H2,1-11H3,(H,44,51)(H,45,52). The Bertz CT molecular complexity index is 1770. The van der Waals surface area contributed by atoms with Crippen LogP contribution < -0.4 is 15.5 Å². The van der Waals surface area contributed by atoms with Gasteiger partial charge in [0.2, 0.25) is 11.8 Å². The number of nitrogens with zero attached hydrogens (tertiary/aromatic N) is 6. The van der Waals surface area contributed by atoms with Crippen LogP contribution >= 0.6 is 23.2 Å². The Kier molecular flexibility index (Phi) is 14.5. The summed E-state index contributed by atoms with van der Waals surface area (Å²) in [6.45, 7) is 23.7. The van der Waals surface area contributed by atoms with Crippen molar-refractivity contribution in [1.29, 1.82) is 5.26 Å². The maximum atomic E-state index is 13.8. The average Bonchev–Trinajstić information content (AvgIpc) is 3.49. The van der Waals surface area contributed by atoms with Crippen molar-refractivity contribution >= 4 is 63.6 Å². The number of halogens is 2. The normalized spacial score (nSPS) is 12.2. The highest BCUT2D eigenvalue weighted by Gasteiger charge is 2.35. The molecule has 3 aromatic rings. The van der Waals surface area contributed by atoms with E-state index in [9.17, 15) is 14.9 Å². The molecule has 0 atom stereocenters. The van der Waals surface area contributed by atoms with Crippen LogP contribution in [0.2, 0.25) is 10.0 Å². The molecule has 2 aromatic carbocycles. The molecule has 2 N–H and O–H groups in total. The van der Waals surface area contributed by atoms with Crippen LogP contribution in [0.1, 0.15) is 126 Å². The van der Waals surface area contributed by atoms with Crippen molar-refractivity contribution in [2.45, 2.75) is 120 Å². The molecule has 12 heteroatoms. The lowest BCUT2D eigenvalue weighted by Crippen LogP contribution is -2.34. The molecule has 2 amide bonds. The van der Waals surface area contributed by atoms with Gasteiger partial charge in [-0.1, -0.05) is 85.5 Å². The maximum absolute atomic E-state index is 13.8. The minimum absolute atomic E-state index is 0.0780. The first-order valence-electron chi connectivity index (χ1n) is 18.6. The first-order valence-corrected chi connectivity index (χ1v) is 19.3. The number of amides is 2. The molecule has 3 rings (SSSR count). The zero-order valence-electron chi connectivity index (χ0n) is 32.8. The van der Waals surface area contributed by atoms with Gasteiger partial charge in [-0.15, -0.1) is 10.2 Å². The predicted molar refractivity (Wildman–Crippen MR) is 215 cm³/mol. The molecule has 0 fully saturated rings. The first kappa shape index (κ1) is 42.5. The van der Waals surface area contributed by atoms with Gasteiger partial charge in [-0.2, -0.15) is 10.4 Å². The molecular weight excluding hydrogens is 695 g/mol. The number of nitrogens with one attached hydrogen (secondary N) is 2. The number of anilines is 3. The number of hydrogen-bond donors (Lipinski definition) is 2. The molecule has 0 aliphatic rings. The first-order chi connectivity index (χ1) is 24.6. The van der Waals surface area contributed by atoms with E-state index in [2.05, 4.69) is 45.7 Å². The van der Waals surface area contributed by atoms with E-state index in [0.717, 1.165) is 18.8 Å². The van der Waals surface area contributed by atoms with Crippen molar-refractivity contribution in [3.05, 3.63) is 51.6 Å². The summed E-state index contributed by atoms with van der Waals surface area (Å²) in [5.41, 5.74) is 1.71. The fraction of sp³-hybridized carbons (Fsp3) is 0.550. The minimum Gasteiger partial charge on any atom is -0.372 e. The van der Waals surface area contributed by atoms with E-state index < -0.39 is 16.2 Å². The molecule has 0 aliphatic carbocycles. The fourth-order valence-electron chi connectivity index (χ4n) is 6.71. The summed E-state index contributed by atoms with van der Waals surface area (Å²) in [6.07, 6.45) is 4.16. The van der Waals surface area contributed by atoms with E-state index in [-0.39, 0.29) is 33.2 Å². The Morgan fingerprint density at radius 3 is 1.75 bits per heavy atom. The van der Waals surface area contributed by atoms with Crippen molar-refractivity contribution in [3.8, 4) is 11.8 Å². The highest BCUT2D eigenvalue weighted by Crippen LogP contribution is 2.42. The Morgan fingerprint density at radius 1 is 0.808 bits per heavy atom. The summed E-state index contributed by atoms with van der Waals surface area (Å²) in [5.74, 6) is -0.0463. The van der Waals surface area contributed by atoms with Crippen LogP contribution in [-0.2, 0) is 15.0 Å². The van der Waals surface area contributed by atoms with Crippen molar-refractivity contribution in [1.82, 2.24) is 9.78 Å². The van der Waals surface area contributed by atoms with Crippen molar-refractivity contribution < 1.29 is 9.59 Å². The number of benzene rings is 2. The maximum Gasteiger partial charge on any atom is 0.230 e. The van der Waals surface area contributed by atoms with E-state index >= 15 is 0 Å². The van der Waals surface area contributed by atoms with E-state index in [1.54, 1.807) is 12.1 Å². The van der Waals surface area contributed by atoms with E-state index in [0.29, 0.717) is 67.0 Å². The summed E-state index contributed by atoms with van der Waals surface area (Å²) in [4.78, 5) is 29.3. The van der Waals surface area contributed by atoms with Gasteiger partial charge in [-0.3, -0.25) is 9.59 Å². The van der Waals surface area contributed by atoms with Gasteiger partial charge in [-0.05, 0) is 82.7 Å². The molecule has 282 valence electrons. The van der Waals surface area contributed by atoms with Crippen LogP contribution in [0, 0.1) is 22.2 Å². The number of hydrogen-bond acceptors (Lipinski definition) is 7. The molecule has 0 unspecified atom stereocenters. The smallest absolute Gasteiger partial charge is 0.230 e. The molecule has 0 saturated carbocycles. The number of aromatic nitrogens is 2. The van der Waals surface area contributed by atoms with E-state index in [4.69, 9.17) is 28.3 Å². The summed E-state index contributed by atoms with van der Waals surface area (Å²) >= 11 is 13.8. The highest BCUT2D eigenvalue weighted by molar-refractivity contribution is 6.38. The molecule has 1 aromatic heterocycles. The lowest BCUT2D eigenvalue weighted by molar-refractivity contribution is -0.127. The lowest BCUT2D eigenvalue weighted by atomic mass is 9.79. The Labute approximate surface area is 320 Å². The molecule has 0 bridgehead atoms. The topological polar surface area (TPSA) is 128 Å². The second kappa shape index (κ2) is 17.7. The largest absolute Gasteiger partial charge is 0.372 e. The van der Waals surface area contributed by atoms with Crippen molar-refractivity contribution in [2.24, 2.45) is 21.1 Å². The predicted octanol–water partition coefficient (Wildman–Crippen LogP) is 11.9. The number of azo groups is 1. The molecule has 52 heavy (non-hydrogen) atoms. The van der Waals surface area contributed by atoms with Gasteiger partial charge < -0.3 is 15.5 Å². The molecule has 0 radical (unpaired) electrons. The third-order valence-corrected chi connectivity index (χ3v) is 11.4. The second-order valence-electron chi connectivity index (χ2n) is 14.3. The number of rotatable bonds is 16. The summed E-state index contributed by atoms with van der Waals surface area (Å²) < 4.78 is 1.44. The van der Waals surface area contributed by atoms with Crippen LogP contribution in [-0.4, -0.2) is 34.7 Å². The molecule has 0 spiro atoms. The summed E-state index contributed by atoms with van der Waals surface area (Å²) in [6, 6.07) is 11.2. The molecule has 0 saturated heterocycles. The monoisotopic (exact) mass is 750 g/mol. The Hall–Kier alpha value is -3.94. The van der Waals surface area contributed by atoms with Crippen molar-refractivity contribution in [3.63, 3.8) is 0 Å². The molecule has 0 aliphatic heterocycles. The quantitative estimate of drug-likeness (QED) is 0.141. The van der Waals surface area contributed by atoms with Gasteiger partial charge in [0.15, 0.2) is 5.82 Å². The van der Waals surface area contributed by atoms with E-state index in [1.807, 2.05) is 80.5 Å². The van der Waals surface area contributed by atoms with Crippen LogP contribution in [0.3, 0.4) is 0 Å². The number of carbonyl (C=O) groups excluding carboxylic acids is 2. The van der Waals surface area contributed by atoms with Crippen LogP contribution in [0.4, 0.5) is 28.6 Å². The van der Waals surface area contributed by atoms with Crippen LogP contribution in [0.15, 0.2) is 40.6 Å². The Balaban J connectivity index is 2.25. The molecule has 1 heterocycles. The molecular formula is C40H56Cl2N8O2. The third-order valence-electron chi connectivity index (χ3n) is 10.8. The van der Waals surface area contributed by atoms with Gasteiger partial charge in [0.25, 0.3) is 0 Å². The lowest BCUT2D eigenvalue weighted by Gasteiger charge is -2.29. The third kappa shape index (κ3) is 8.64. The summed E-state index contributed by atoms with van der Waals surface area (Å²) in [7, 11) is 0. The van der Waals surface area contributed by atoms with Crippen LogP contribution in [0.5, 0.6) is 0 Å². The average molecular weight is 752 g/mol. The van der Waals surface area contributed by atoms with Gasteiger partial charge in [-0.25, -0.2) is 4.68 Å². The van der Waals surface area contributed by atoms with Gasteiger partial charge >= 0.3 is 0 Å². The SMILES string of the molecule is CCN(CC)c1ccc(N=Nc2c(C#N)c(C(C)(C)C)nn2-c2c(Cl)cc(NC(=O)C(CC)(CC)CC)cc2Cl)c(NC(=O)C(CC)(CC)CC)c1. The summed E-state index contributed by atoms with van der Waals surface area (Å²) in [5, 5.41) is 31.1. The zero-order valence-corrected chi connectivity index (χ0v) is 34.3. The van der Waals surface area contributed by atoms with Crippen molar-refractivity contribution in [2.75, 3.05) is 28.6 Å². The minimum atomic E-state index is -0.550. The zero-order chi connectivity index (χ0) is 39.0.